The lowest BCUT2D eigenvalue weighted by Crippen LogP contribution is -2.21. The maximum Gasteiger partial charge on any atom is 0.514 e. The van der Waals surface area contributed by atoms with Gasteiger partial charge in [0.05, 0.1) is 4.92 Å². The van der Waals surface area contributed by atoms with Gasteiger partial charge in [0.2, 0.25) is 0 Å². The summed E-state index contributed by atoms with van der Waals surface area (Å²) in [6, 6.07) is 5.37. The molecule has 6 nitrogen and oxygen atoms in total. The van der Waals surface area contributed by atoms with E-state index in [0.29, 0.717) is 5.92 Å². The van der Waals surface area contributed by atoms with Gasteiger partial charge in [-0.25, -0.2) is 4.79 Å². The fourth-order valence-corrected chi connectivity index (χ4v) is 2.88. The van der Waals surface area contributed by atoms with E-state index in [4.69, 9.17) is 9.47 Å². The Morgan fingerprint density at radius 3 is 2.52 bits per heavy atom. The largest absolute Gasteiger partial charge is 0.514 e. The van der Waals surface area contributed by atoms with E-state index in [2.05, 4.69) is 13.8 Å². The van der Waals surface area contributed by atoms with E-state index in [9.17, 15) is 14.9 Å². The highest BCUT2D eigenvalue weighted by Gasteiger charge is 2.37. The second-order valence-corrected chi connectivity index (χ2v) is 6.03. The Labute approximate surface area is 135 Å². The van der Waals surface area contributed by atoms with E-state index in [1.54, 1.807) is 0 Å². The maximum absolute atomic E-state index is 11.9. The zero-order valence-corrected chi connectivity index (χ0v) is 13.6. The summed E-state index contributed by atoms with van der Waals surface area (Å²) in [4.78, 5) is 22.0. The van der Waals surface area contributed by atoms with Crippen molar-refractivity contribution >= 4 is 11.8 Å². The molecule has 0 saturated heterocycles. The fraction of sp³-hybridized carbons (Fsp3) is 0.588. The molecular weight excluding hydrogens is 298 g/mol. The smallest absolute Gasteiger partial charge is 0.431 e. The van der Waals surface area contributed by atoms with Crippen LogP contribution in [-0.2, 0) is 4.74 Å². The van der Waals surface area contributed by atoms with Gasteiger partial charge in [-0.2, -0.15) is 0 Å². The molecule has 0 N–H and O–H groups in total. The summed E-state index contributed by atoms with van der Waals surface area (Å²) in [6.45, 7) is 4.24. The van der Waals surface area contributed by atoms with Gasteiger partial charge in [-0.3, -0.25) is 10.1 Å². The quantitative estimate of drug-likeness (QED) is 0.300. The number of rotatable bonds is 8. The second kappa shape index (κ2) is 7.94. The molecule has 0 spiro atoms. The third-order valence-corrected chi connectivity index (χ3v) is 4.28. The molecule has 0 amide bonds. The van der Waals surface area contributed by atoms with Crippen LogP contribution in [0.1, 0.15) is 46.0 Å². The van der Waals surface area contributed by atoms with Crippen LogP contribution in [0.2, 0.25) is 0 Å². The monoisotopic (exact) mass is 321 g/mol. The topological polar surface area (TPSA) is 78.7 Å². The van der Waals surface area contributed by atoms with E-state index in [-0.39, 0.29) is 17.5 Å². The van der Waals surface area contributed by atoms with Gasteiger partial charge in [0.25, 0.3) is 5.69 Å². The van der Waals surface area contributed by atoms with Crippen molar-refractivity contribution in [2.75, 3.05) is 0 Å². The predicted octanol–water partition coefficient (Wildman–Crippen LogP) is 4.72. The van der Waals surface area contributed by atoms with Gasteiger partial charge in [0.15, 0.2) is 0 Å². The third-order valence-electron chi connectivity index (χ3n) is 4.28. The van der Waals surface area contributed by atoms with Crippen LogP contribution >= 0.6 is 0 Å². The van der Waals surface area contributed by atoms with Crippen LogP contribution in [0.15, 0.2) is 24.3 Å². The zero-order valence-electron chi connectivity index (χ0n) is 13.6. The van der Waals surface area contributed by atoms with Crippen LogP contribution in [0.3, 0.4) is 0 Å². The summed E-state index contributed by atoms with van der Waals surface area (Å²) in [6.07, 6.45) is 4.19. The van der Waals surface area contributed by atoms with E-state index < -0.39 is 11.1 Å². The highest BCUT2D eigenvalue weighted by molar-refractivity contribution is 5.64. The minimum Gasteiger partial charge on any atom is -0.431 e. The minimum atomic E-state index is -0.744. The van der Waals surface area contributed by atoms with Gasteiger partial charge < -0.3 is 9.47 Å². The first-order valence-electron chi connectivity index (χ1n) is 8.16. The van der Waals surface area contributed by atoms with E-state index in [0.717, 1.165) is 25.2 Å². The average molecular weight is 321 g/mol. The summed E-state index contributed by atoms with van der Waals surface area (Å²) < 4.78 is 10.5. The molecule has 1 aliphatic carbocycles. The van der Waals surface area contributed by atoms with Crippen molar-refractivity contribution in [1.29, 1.82) is 0 Å². The minimum absolute atomic E-state index is 0.0473. The molecule has 3 unspecified atom stereocenters. The maximum atomic E-state index is 11.9. The molecule has 0 radical (unpaired) electrons. The number of nitro groups is 1. The molecule has 1 aromatic rings. The molecule has 0 aliphatic heterocycles. The van der Waals surface area contributed by atoms with Crippen LogP contribution in [-0.4, -0.2) is 17.2 Å². The van der Waals surface area contributed by atoms with Crippen LogP contribution in [0, 0.1) is 22.0 Å². The van der Waals surface area contributed by atoms with Crippen LogP contribution in [0.25, 0.3) is 0 Å². The van der Waals surface area contributed by atoms with Crippen LogP contribution in [0.4, 0.5) is 10.5 Å². The summed E-state index contributed by atoms with van der Waals surface area (Å²) in [5, 5.41) is 10.6. The first-order valence-corrected chi connectivity index (χ1v) is 8.16. The Bertz CT molecular complexity index is 542. The van der Waals surface area contributed by atoms with Crippen molar-refractivity contribution in [3.05, 3.63) is 34.4 Å². The first kappa shape index (κ1) is 17.2. The zero-order chi connectivity index (χ0) is 16.8. The van der Waals surface area contributed by atoms with Crippen molar-refractivity contribution in [2.45, 2.75) is 52.1 Å². The summed E-state index contributed by atoms with van der Waals surface area (Å²) in [5.41, 5.74) is -0.0473. The SMILES string of the molecule is CCCC(CC1CC1CC)OC(=O)Oc1ccc([N+](=O)[O-])cc1. The van der Waals surface area contributed by atoms with Gasteiger partial charge in [-0.05, 0) is 43.2 Å². The lowest BCUT2D eigenvalue weighted by atomic mass is 10.1. The molecule has 1 fully saturated rings. The molecule has 2 rings (SSSR count). The Hall–Kier alpha value is -2.11. The fourth-order valence-electron chi connectivity index (χ4n) is 2.88. The average Bonchev–Trinajstić information content (AvgIpc) is 3.26. The summed E-state index contributed by atoms with van der Waals surface area (Å²) >= 11 is 0. The lowest BCUT2D eigenvalue weighted by molar-refractivity contribution is -0.384. The molecule has 0 heterocycles. The number of nitro benzene ring substituents is 1. The Morgan fingerprint density at radius 2 is 2.00 bits per heavy atom. The molecule has 3 atom stereocenters. The highest BCUT2D eigenvalue weighted by atomic mass is 16.7. The number of benzene rings is 1. The van der Waals surface area contributed by atoms with E-state index in [1.165, 1.54) is 37.1 Å². The van der Waals surface area contributed by atoms with Gasteiger partial charge in [-0.15, -0.1) is 0 Å². The Balaban J connectivity index is 1.84. The number of carbonyl (C=O) groups is 1. The molecule has 23 heavy (non-hydrogen) atoms. The van der Waals surface area contributed by atoms with Gasteiger partial charge >= 0.3 is 6.16 Å². The van der Waals surface area contributed by atoms with Gasteiger partial charge in [-0.1, -0.05) is 26.7 Å². The standard InChI is InChI=1S/C17H23NO5/c1-3-5-16(11-13-10-12(13)4-2)23-17(19)22-15-8-6-14(7-9-15)18(20)21/h6-9,12-13,16H,3-5,10-11H2,1-2H3. The number of hydrogen-bond donors (Lipinski definition) is 0. The normalized spacial score (nSPS) is 20.6. The van der Waals surface area contributed by atoms with Crippen molar-refractivity contribution in [3.63, 3.8) is 0 Å². The summed E-state index contributed by atoms with van der Waals surface area (Å²) in [7, 11) is 0. The Morgan fingerprint density at radius 1 is 1.30 bits per heavy atom. The molecule has 126 valence electrons. The predicted molar refractivity (Wildman–Crippen MR) is 85.4 cm³/mol. The molecule has 6 heteroatoms. The van der Waals surface area contributed by atoms with Crippen LogP contribution in [0.5, 0.6) is 5.75 Å². The van der Waals surface area contributed by atoms with Gasteiger partial charge in [0, 0.05) is 12.1 Å². The molecule has 0 aromatic heterocycles. The van der Waals surface area contributed by atoms with E-state index >= 15 is 0 Å². The number of nitrogens with zero attached hydrogens (tertiary/aromatic N) is 1. The molecule has 0 bridgehead atoms. The lowest BCUT2D eigenvalue weighted by Gasteiger charge is -2.17. The van der Waals surface area contributed by atoms with Crippen molar-refractivity contribution < 1.29 is 19.2 Å². The molecule has 1 saturated carbocycles. The highest BCUT2D eigenvalue weighted by Crippen LogP contribution is 2.45. The number of carbonyl (C=O) groups excluding carboxylic acids is 1. The number of ether oxygens (including phenoxy) is 2. The number of non-ortho nitro benzene ring substituents is 1. The molecule has 1 aliphatic rings. The second-order valence-electron chi connectivity index (χ2n) is 6.03. The summed E-state index contributed by atoms with van der Waals surface area (Å²) in [5.74, 6) is 1.67. The van der Waals surface area contributed by atoms with E-state index in [1.807, 2.05) is 0 Å². The van der Waals surface area contributed by atoms with Gasteiger partial charge in [0.1, 0.15) is 11.9 Å². The Kier molecular flexibility index (Phi) is 5.96. The first-order chi connectivity index (χ1) is 11.0. The molecular formula is C17H23NO5. The van der Waals surface area contributed by atoms with Crippen LogP contribution < -0.4 is 4.74 Å². The van der Waals surface area contributed by atoms with Crippen molar-refractivity contribution in [2.24, 2.45) is 11.8 Å². The van der Waals surface area contributed by atoms with Crippen molar-refractivity contribution in [3.8, 4) is 5.75 Å². The third kappa shape index (κ3) is 5.23. The molecule has 1 aromatic carbocycles. The number of hydrogen-bond acceptors (Lipinski definition) is 5. The van der Waals surface area contributed by atoms with Crippen molar-refractivity contribution in [1.82, 2.24) is 0 Å².